The molecule has 1 saturated carbocycles. The van der Waals surface area contributed by atoms with Crippen LogP contribution in [0, 0.1) is 17.3 Å². The zero-order valence-corrected chi connectivity index (χ0v) is 9.86. The highest BCUT2D eigenvalue weighted by atomic mass is 16.4. The summed E-state index contributed by atoms with van der Waals surface area (Å²) < 4.78 is 0. The Morgan fingerprint density at radius 1 is 1.38 bits per heavy atom. The summed E-state index contributed by atoms with van der Waals surface area (Å²) in [6.07, 6.45) is 0.632. The molecule has 0 aromatic rings. The maximum atomic E-state index is 11.8. The van der Waals surface area contributed by atoms with Crippen LogP contribution in [0.2, 0.25) is 0 Å². The van der Waals surface area contributed by atoms with Crippen LogP contribution in [0.25, 0.3) is 0 Å². The van der Waals surface area contributed by atoms with Gasteiger partial charge in [-0.05, 0) is 11.8 Å². The Hall–Kier alpha value is -1.10. The summed E-state index contributed by atoms with van der Waals surface area (Å²) in [5.41, 5.74) is -0.482. The SMILES string of the molecule is CCC(CO)NC(=O)[C@H]1[C@@H](C(=O)O)C1(C)C. The van der Waals surface area contributed by atoms with Gasteiger partial charge in [0.05, 0.1) is 24.5 Å². The Morgan fingerprint density at radius 3 is 2.25 bits per heavy atom. The molecule has 0 radical (unpaired) electrons. The van der Waals surface area contributed by atoms with E-state index >= 15 is 0 Å². The summed E-state index contributed by atoms with van der Waals surface area (Å²) in [6, 6.07) is -0.279. The molecule has 0 heterocycles. The number of nitrogens with one attached hydrogen (secondary N) is 1. The van der Waals surface area contributed by atoms with Gasteiger partial charge >= 0.3 is 5.97 Å². The van der Waals surface area contributed by atoms with Gasteiger partial charge in [0, 0.05) is 0 Å². The number of carboxylic acid groups (broad SMARTS) is 1. The van der Waals surface area contributed by atoms with Gasteiger partial charge in [0.2, 0.25) is 5.91 Å². The molecule has 1 unspecified atom stereocenters. The van der Waals surface area contributed by atoms with Crippen LogP contribution in [0.5, 0.6) is 0 Å². The Kier molecular flexibility index (Phi) is 3.57. The number of aliphatic carboxylic acids is 1. The van der Waals surface area contributed by atoms with Crippen molar-refractivity contribution in [1.29, 1.82) is 0 Å². The molecule has 0 aromatic heterocycles. The number of carbonyl (C=O) groups is 2. The van der Waals surface area contributed by atoms with E-state index in [9.17, 15) is 9.59 Å². The first-order chi connectivity index (χ1) is 7.36. The van der Waals surface area contributed by atoms with Crippen LogP contribution in [0.4, 0.5) is 0 Å². The topological polar surface area (TPSA) is 86.6 Å². The minimum atomic E-state index is -0.929. The van der Waals surface area contributed by atoms with Crippen molar-refractivity contribution in [2.24, 2.45) is 17.3 Å². The molecule has 1 fully saturated rings. The van der Waals surface area contributed by atoms with Gasteiger partial charge in [-0.3, -0.25) is 9.59 Å². The van der Waals surface area contributed by atoms with Crippen LogP contribution in [0.3, 0.4) is 0 Å². The Labute approximate surface area is 94.8 Å². The predicted molar refractivity (Wildman–Crippen MR) is 57.7 cm³/mol. The van der Waals surface area contributed by atoms with Crippen molar-refractivity contribution in [1.82, 2.24) is 5.32 Å². The lowest BCUT2D eigenvalue weighted by Gasteiger charge is -2.14. The van der Waals surface area contributed by atoms with E-state index in [0.29, 0.717) is 6.42 Å². The standard InChI is InChI=1S/C11H19NO4/c1-4-6(5-13)12-9(14)7-8(10(15)16)11(7,2)3/h6-8,13H,4-5H2,1-3H3,(H,12,14)(H,15,16)/t6?,7-,8+/m1/s1. The van der Waals surface area contributed by atoms with E-state index in [4.69, 9.17) is 10.2 Å². The maximum absolute atomic E-state index is 11.8. The normalized spacial score (nSPS) is 28.2. The fourth-order valence-electron chi connectivity index (χ4n) is 2.16. The lowest BCUT2D eigenvalue weighted by molar-refractivity contribution is -0.140. The van der Waals surface area contributed by atoms with Crippen molar-refractivity contribution in [2.75, 3.05) is 6.61 Å². The zero-order valence-electron chi connectivity index (χ0n) is 9.86. The summed E-state index contributed by atoms with van der Waals surface area (Å²) in [5.74, 6) is -2.28. The molecule has 16 heavy (non-hydrogen) atoms. The van der Waals surface area contributed by atoms with Crippen LogP contribution in [0.15, 0.2) is 0 Å². The number of carboxylic acids is 1. The van der Waals surface area contributed by atoms with Gasteiger partial charge < -0.3 is 15.5 Å². The van der Waals surface area contributed by atoms with Crippen molar-refractivity contribution in [3.8, 4) is 0 Å². The summed E-state index contributed by atoms with van der Waals surface area (Å²) in [4.78, 5) is 22.7. The molecular weight excluding hydrogens is 210 g/mol. The van der Waals surface area contributed by atoms with Crippen molar-refractivity contribution >= 4 is 11.9 Å². The average molecular weight is 229 g/mol. The highest BCUT2D eigenvalue weighted by Crippen LogP contribution is 2.58. The van der Waals surface area contributed by atoms with Crippen molar-refractivity contribution in [3.05, 3.63) is 0 Å². The Balaban J connectivity index is 2.60. The van der Waals surface area contributed by atoms with E-state index in [1.165, 1.54) is 0 Å². The number of rotatable bonds is 5. The molecule has 5 nitrogen and oxygen atoms in total. The first-order valence-electron chi connectivity index (χ1n) is 5.50. The molecule has 0 saturated heterocycles. The second-order valence-corrected chi connectivity index (χ2v) is 4.91. The van der Waals surface area contributed by atoms with Crippen molar-refractivity contribution in [3.63, 3.8) is 0 Å². The minimum absolute atomic E-state index is 0.118. The van der Waals surface area contributed by atoms with Gasteiger partial charge in [-0.25, -0.2) is 0 Å². The third-order valence-corrected chi connectivity index (χ3v) is 3.44. The fraction of sp³-hybridized carbons (Fsp3) is 0.818. The fourth-order valence-corrected chi connectivity index (χ4v) is 2.16. The minimum Gasteiger partial charge on any atom is -0.481 e. The Bertz CT molecular complexity index is 296. The largest absolute Gasteiger partial charge is 0.481 e. The summed E-state index contributed by atoms with van der Waals surface area (Å²) in [7, 11) is 0. The van der Waals surface area contributed by atoms with E-state index in [0.717, 1.165) is 0 Å². The average Bonchev–Trinajstić information content (AvgIpc) is 2.78. The number of hydrogen-bond acceptors (Lipinski definition) is 3. The summed E-state index contributed by atoms with van der Waals surface area (Å²) in [5, 5.41) is 20.5. The van der Waals surface area contributed by atoms with E-state index in [1.54, 1.807) is 13.8 Å². The number of amides is 1. The van der Waals surface area contributed by atoms with E-state index in [1.807, 2.05) is 6.92 Å². The van der Waals surface area contributed by atoms with Crippen molar-refractivity contribution in [2.45, 2.75) is 33.2 Å². The van der Waals surface area contributed by atoms with Gasteiger partial charge in [-0.1, -0.05) is 20.8 Å². The van der Waals surface area contributed by atoms with Gasteiger partial charge in [-0.15, -0.1) is 0 Å². The third kappa shape index (κ3) is 2.19. The van der Waals surface area contributed by atoms with E-state index in [2.05, 4.69) is 5.32 Å². The summed E-state index contributed by atoms with van der Waals surface area (Å²) in [6.45, 7) is 5.28. The molecule has 3 N–H and O–H groups in total. The lowest BCUT2D eigenvalue weighted by Crippen LogP contribution is -2.38. The molecule has 5 heteroatoms. The Morgan fingerprint density at radius 2 is 1.94 bits per heavy atom. The molecule has 0 aliphatic heterocycles. The number of hydrogen-bond donors (Lipinski definition) is 3. The highest BCUT2D eigenvalue weighted by Gasteiger charge is 2.65. The van der Waals surface area contributed by atoms with Crippen LogP contribution < -0.4 is 5.32 Å². The number of aliphatic hydroxyl groups excluding tert-OH is 1. The third-order valence-electron chi connectivity index (χ3n) is 3.44. The monoisotopic (exact) mass is 229 g/mol. The second kappa shape index (κ2) is 4.41. The van der Waals surface area contributed by atoms with E-state index < -0.39 is 23.2 Å². The maximum Gasteiger partial charge on any atom is 0.307 e. The number of carbonyl (C=O) groups excluding carboxylic acids is 1. The van der Waals surface area contributed by atoms with Crippen LogP contribution in [-0.4, -0.2) is 34.7 Å². The molecule has 0 spiro atoms. The quantitative estimate of drug-likeness (QED) is 0.630. The van der Waals surface area contributed by atoms with Crippen LogP contribution >= 0.6 is 0 Å². The molecule has 1 aliphatic carbocycles. The first-order valence-corrected chi connectivity index (χ1v) is 5.50. The van der Waals surface area contributed by atoms with E-state index in [-0.39, 0.29) is 18.6 Å². The van der Waals surface area contributed by atoms with Gasteiger partial charge in [0.25, 0.3) is 0 Å². The molecule has 92 valence electrons. The van der Waals surface area contributed by atoms with Crippen LogP contribution in [-0.2, 0) is 9.59 Å². The zero-order chi connectivity index (χ0) is 12.5. The summed E-state index contributed by atoms with van der Waals surface area (Å²) >= 11 is 0. The van der Waals surface area contributed by atoms with Crippen molar-refractivity contribution < 1.29 is 19.8 Å². The lowest BCUT2D eigenvalue weighted by atomic mass is 10.1. The smallest absolute Gasteiger partial charge is 0.307 e. The second-order valence-electron chi connectivity index (χ2n) is 4.91. The molecule has 3 atom stereocenters. The molecule has 1 amide bonds. The highest BCUT2D eigenvalue weighted by molar-refractivity contribution is 5.91. The van der Waals surface area contributed by atoms with Gasteiger partial charge in [-0.2, -0.15) is 0 Å². The molecule has 1 aliphatic rings. The van der Waals surface area contributed by atoms with Crippen LogP contribution in [0.1, 0.15) is 27.2 Å². The molecule has 0 aromatic carbocycles. The van der Waals surface area contributed by atoms with Gasteiger partial charge in [0.15, 0.2) is 0 Å². The van der Waals surface area contributed by atoms with Gasteiger partial charge in [0.1, 0.15) is 0 Å². The first kappa shape index (κ1) is 13.0. The predicted octanol–water partition coefficient (Wildman–Crippen LogP) is 0.230. The number of aliphatic hydroxyl groups is 1. The molecule has 1 rings (SSSR count). The molecular formula is C11H19NO4. The molecule has 0 bridgehead atoms.